The van der Waals surface area contributed by atoms with E-state index >= 15 is 0 Å². The van der Waals surface area contributed by atoms with Crippen molar-refractivity contribution in [3.63, 3.8) is 0 Å². The Morgan fingerprint density at radius 3 is 2.67 bits per heavy atom. The Bertz CT molecular complexity index is 463. The first-order valence-electron chi connectivity index (χ1n) is 7.05. The molecule has 1 rings (SSSR count). The summed E-state index contributed by atoms with van der Waals surface area (Å²) >= 11 is 0. The van der Waals surface area contributed by atoms with Crippen molar-refractivity contribution in [2.24, 2.45) is 0 Å². The van der Waals surface area contributed by atoms with Crippen LogP contribution < -0.4 is 16.0 Å². The molecule has 0 aliphatic heterocycles. The van der Waals surface area contributed by atoms with Crippen LogP contribution in [0.4, 0.5) is 11.4 Å². The molecule has 0 aliphatic carbocycles. The van der Waals surface area contributed by atoms with Crippen molar-refractivity contribution in [1.82, 2.24) is 5.32 Å². The minimum Gasteiger partial charge on any atom is -0.383 e. The maximum absolute atomic E-state index is 11.5. The number of rotatable bonds is 9. The van der Waals surface area contributed by atoms with E-state index in [1.165, 1.54) is 0 Å². The Morgan fingerprint density at radius 1 is 1.19 bits per heavy atom. The van der Waals surface area contributed by atoms with E-state index in [4.69, 9.17) is 4.74 Å². The summed E-state index contributed by atoms with van der Waals surface area (Å²) in [6.07, 6.45) is 1.31. The van der Waals surface area contributed by atoms with Gasteiger partial charge in [0.05, 0.1) is 13.2 Å². The van der Waals surface area contributed by atoms with Crippen LogP contribution in [0.5, 0.6) is 0 Å². The van der Waals surface area contributed by atoms with E-state index in [9.17, 15) is 9.59 Å². The van der Waals surface area contributed by atoms with Gasteiger partial charge in [0.25, 0.3) is 0 Å². The van der Waals surface area contributed by atoms with E-state index in [1.54, 1.807) is 13.2 Å². The third-order valence-electron chi connectivity index (χ3n) is 2.70. The zero-order chi connectivity index (χ0) is 15.5. The summed E-state index contributed by atoms with van der Waals surface area (Å²) in [5.74, 6) is -0.112. The van der Waals surface area contributed by atoms with Crippen LogP contribution in [-0.4, -0.2) is 38.6 Å². The highest BCUT2D eigenvalue weighted by atomic mass is 16.5. The smallest absolute Gasteiger partial charge is 0.239 e. The Balaban J connectivity index is 2.41. The molecule has 0 heterocycles. The van der Waals surface area contributed by atoms with Crippen LogP contribution >= 0.6 is 0 Å². The third kappa shape index (κ3) is 7.31. The molecule has 21 heavy (non-hydrogen) atoms. The van der Waals surface area contributed by atoms with Crippen molar-refractivity contribution in [3.8, 4) is 0 Å². The van der Waals surface area contributed by atoms with Gasteiger partial charge >= 0.3 is 0 Å². The van der Waals surface area contributed by atoms with Crippen molar-refractivity contribution in [1.29, 1.82) is 0 Å². The minimum absolute atomic E-state index is 0.00745. The summed E-state index contributed by atoms with van der Waals surface area (Å²) in [5.41, 5.74) is 1.50. The van der Waals surface area contributed by atoms with E-state index in [0.717, 1.165) is 17.8 Å². The number of hydrogen-bond donors (Lipinski definition) is 3. The molecule has 1 aromatic rings. The number of hydrogen-bond acceptors (Lipinski definition) is 4. The van der Waals surface area contributed by atoms with Gasteiger partial charge in [-0.1, -0.05) is 13.0 Å². The molecule has 0 saturated heterocycles. The Kier molecular flexibility index (Phi) is 7.89. The monoisotopic (exact) mass is 293 g/mol. The highest BCUT2D eigenvalue weighted by Gasteiger charge is 2.03. The first kappa shape index (κ1) is 17.0. The lowest BCUT2D eigenvalue weighted by molar-refractivity contribution is -0.119. The van der Waals surface area contributed by atoms with E-state index in [1.807, 2.05) is 25.1 Å². The average Bonchev–Trinajstić information content (AvgIpc) is 2.46. The fourth-order valence-corrected chi connectivity index (χ4v) is 1.69. The molecule has 0 bridgehead atoms. The fourth-order valence-electron chi connectivity index (χ4n) is 1.69. The molecule has 0 spiro atoms. The molecule has 0 radical (unpaired) electrons. The highest BCUT2D eigenvalue weighted by molar-refractivity contribution is 5.91. The van der Waals surface area contributed by atoms with Gasteiger partial charge in [0.1, 0.15) is 0 Å². The minimum atomic E-state index is -0.104. The second-order valence-electron chi connectivity index (χ2n) is 4.58. The van der Waals surface area contributed by atoms with E-state index < -0.39 is 0 Å². The molecule has 0 saturated carbocycles. The second kappa shape index (κ2) is 9.77. The SMILES string of the molecule is CCCC(=O)Nc1cccc(NCC(=O)NCCOC)c1. The molecule has 6 nitrogen and oxygen atoms in total. The zero-order valence-corrected chi connectivity index (χ0v) is 12.6. The summed E-state index contributed by atoms with van der Waals surface area (Å²) in [6.45, 7) is 3.12. The third-order valence-corrected chi connectivity index (χ3v) is 2.70. The lowest BCUT2D eigenvalue weighted by Gasteiger charge is -2.09. The molecular formula is C15H23N3O3. The van der Waals surface area contributed by atoms with E-state index in [2.05, 4.69) is 16.0 Å². The van der Waals surface area contributed by atoms with Gasteiger partial charge in [-0.15, -0.1) is 0 Å². The van der Waals surface area contributed by atoms with Gasteiger partial charge in [0, 0.05) is 31.5 Å². The van der Waals surface area contributed by atoms with Gasteiger partial charge in [-0.3, -0.25) is 9.59 Å². The van der Waals surface area contributed by atoms with Crippen LogP contribution in [0.2, 0.25) is 0 Å². The number of methoxy groups -OCH3 is 1. The van der Waals surface area contributed by atoms with Crippen molar-refractivity contribution in [2.75, 3.05) is 37.4 Å². The number of carbonyl (C=O) groups is 2. The molecule has 0 unspecified atom stereocenters. The van der Waals surface area contributed by atoms with E-state index in [-0.39, 0.29) is 18.4 Å². The average molecular weight is 293 g/mol. The lowest BCUT2D eigenvalue weighted by Crippen LogP contribution is -2.32. The van der Waals surface area contributed by atoms with E-state index in [0.29, 0.717) is 19.6 Å². The summed E-state index contributed by atoms with van der Waals surface area (Å²) in [6, 6.07) is 7.29. The maximum atomic E-state index is 11.5. The van der Waals surface area contributed by atoms with Gasteiger partial charge < -0.3 is 20.7 Å². The number of benzene rings is 1. The van der Waals surface area contributed by atoms with Gasteiger partial charge in [-0.2, -0.15) is 0 Å². The van der Waals surface area contributed by atoms with Crippen molar-refractivity contribution in [2.45, 2.75) is 19.8 Å². The normalized spacial score (nSPS) is 10.0. The molecule has 2 amide bonds. The molecule has 3 N–H and O–H groups in total. The molecule has 6 heteroatoms. The molecule has 0 fully saturated rings. The van der Waals surface area contributed by atoms with Gasteiger partial charge in [0.2, 0.25) is 11.8 Å². The van der Waals surface area contributed by atoms with Gasteiger partial charge in [-0.05, 0) is 24.6 Å². The maximum Gasteiger partial charge on any atom is 0.239 e. The number of nitrogens with one attached hydrogen (secondary N) is 3. The topological polar surface area (TPSA) is 79.5 Å². The summed E-state index contributed by atoms with van der Waals surface area (Å²) < 4.78 is 4.85. The predicted octanol–water partition coefficient (Wildman–Crippen LogP) is 1.60. The summed E-state index contributed by atoms with van der Waals surface area (Å²) in [4.78, 5) is 23.1. The van der Waals surface area contributed by atoms with Crippen molar-refractivity contribution in [3.05, 3.63) is 24.3 Å². The molecule has 0 aliphatic rings. The van der Waals surface area contributed by atoms with Crippen LogP contribution in [0.15, 0.2) is 24.3 Å². The number of amides is 2. The van der Waals surface area contributed by atoms with Crippen LogP contribution in [0.1, 0.15) is 19.8 Å². The lowest BCUT2D eigenvalue weighted by atomic mass is 10.2. The van der Waals surface area contributed by atoms with Crippen LogP contribution in [0.3, 0.4) is 0 Å². The molecule has 116 valence electrons. The second-order valence-corrected chi connectivity index (χ2v) is 4.58. The predicted molar refractivity (Wildman–Crippen MR) is 83.4 cm³/mol. The van der Waals surface area contributed by atoms with Crippen LogP contribution in [-0.2, 0) is 14.3 Å². The highest BCUT2D eigenvalue weighted by Crippen LogP contribution is 2.15. The Labute approximate surface area is 125 Å². The van der Waals surface area contributed by atoms with Crippen LogP contribution in [0.25, 0.3) is 0 Å². The standard InChI is InChI=1S/C15H23N3O3/c1-3-5-14(19)18-13-7-4-6-12(10-13)17-11-15(20)16-8-9-21-2/h4,6-7,10,17H,3,5,8-9,11H2,1-2H3,(H,16,20)(H,18,19). The van der Waals surface area contributed by atoms with Gasteiger partial charge in [0.15, 0.2) is 0 Å². The zero-order valence-electron chi connectivity index (χ0n) is 12.6. The Morgan fingerprint density at radius 2 is 1.95 bits per heavy atom. The fraction of sp³-hybridized carbons (Fsp3) is 0.467. The van der Waals surface area contributed by atoms with Crippen LogP contribution in [0, 0.1) is 0 Å². The Hall–Kier alpha value is -2.08. The molecule has 0 aromatic heterocycles. The molecule has 0 atom stereocenters. The summed E-state index contributed by atoms with van der Waals surface area (Å²) in [5, 5.41) is 8.55. The van der Waals surface area contributed by atoms with Crippen molar-refractivity contribution >= 4 is 23.2 Å². The first-order chi connectivity index (χ1) is 10.2. The largest absolute Gasteiger partial charge is 0.383 e. The number of ether oxygens (including phenoxy) is 1. The first-order valence-corrected chi connectivity index (χ1v) is 7.05. The van der Waals surface area contributed by atoms with Gasteiger partial charge in [-0.25, -0.2) is 0 Å². The number of anilines is 2. The quantitative estimate of drug-likeness (QED) is 0.604. The molecular weight excluding hydrogens is 270 g/mol. The number of carbonyl (C=O) groups excluding carboxylic acids is 2. The summed E-state index contributed by atoms with van der Waals surface area (Å²) in [7, 11) is 1.59. The van der Waals surface area contributed by atoms with Crippen molar-refractivity contribution < 1.29 is 14.3 Å². The molecule has 1 aromatic carbocycles.